The molecule has 0 aliphatic rings. The molecule has 0 spiro atoms. The summed E-state index contributed by atoms with van der Waals surface area (Å²) in [5, 5.41) is 0.377. The second-order valence-electron chi connectivity index (χ2n) is 3.81. The molecule has 0 atom stereocenters. The van der Waals surface area contributed by atoms with Crippen molar-refractivity contribution in [3.05, 3.63) is 35.4 Å². The van der Waals surface area contributed by atoms with E-state index < -0.39 is 11.6 Å². The number of Topliss-reactive ketones (excluding diaryl/α,β-unsaturated/α-hetero) is 1. The molecule has 0 fully saturated rings. The van der Waals surface area contributed by atoms with Gasteiger partial charge in [-0.1, -0.05) is 19.9 Å². The van der Waals surface area contributed by atoms with Crippen molar-refractivity contribution in [3.8, 4) is 0 Å². The highest BCUT2D eigenvalue weighted by Gasteiger charge is 2.09. The Bertz CT molecular complexity index is 377. The van der Waals surface area contributed by atoms with Crippen LogP contribution in [0.4, 0.5) is 8.78 Å². The number of rotatable bonds is 5. The van der Waals surface area contributed by atoms with Crippen LogP contribution in [0.15, 0.2) is 18.2 Å². The van der Waals surface area contributed by atoms with Gasteiger partial charge in [0, 0.05) is 12.5 Å². The van der Waals surface area contributed by atoms with Crippen molar-refractivity contribution in [1.29, 1.82) is 0 Å². The lowest BCUT2D eigenvalue weighted by atomic mass is 10.1. The van der Waals surface area contributed by atoms with E-state index in [-0.39, 0.29) is 17.8 Å². The highest BCUT2D eigenvalue weighted by Crippen LogP contribution is 2.13. The third-order valence-electron chi connectivity index (χ3n) is 1.98. The fraction of sp³-hybridized carbons (Fsp3) is 0.417. The van der Waals surface area contributed by atoms with Crippen molar-refractivity contribution in [2.24, 2.45) is 0 Å². The van der Waals surface area contributed by atoms with E-state index in [0.717, 1.165) is 6.07 Å². The zero-order valence-electron chi connectivity index (χ0n) is 9.30. The average molecular weight is 244 g/mol. The summed E-state index contributed by atoms with van der Waals surface area (Å²) in [6.45, 7) is 3.99. The first-order chi connectivity index (χ1) is 7.49. The topological polar surface area (TPSA) is 17.1 Å². The number of carbonyl (C=O) groups is 1. The molecule has 88 valence electrons. The molecule has 1 nitrogen and oxygen atoms in total. The fourth-order valence-corrected chi connectivity index (χ4v) is 1.81. The van der Waals surface area contributed by atoms with E-state index in [9.17, 15) is 13.6 Å². The number of carbonyl (C=O) groups excluding carboxylic acids is 1. The molecule has 0 N–H and O–H groups in total. The van der Waals surface area contributed by atoms with E-state index in [4.69, 9.17) is 0 Å². The molecule has 0 heterocycles. The van der Waals surface area contributed by atoms with Gasteiger partial charge in [0.2, 0.25) is 0 Å². The van der Waals surface area contributed by atoms with Crippen molar-refractivity contribution >= 4 is 17.5 Å². The number of halogens is 2. The maximum Gasteiger partial charge on any atom is 0.147 e. The molecule has 0 saturated carbocycles. The molecule has 1 aromatic rings. The Labute approximate surface area is 98.2 Å². The van der Waals surface area contributed by atoms with Gasteiger partial charge < -0.3 is 0 Å². The third-order valence-corrected chi connectivity index (χ3v) is 3.14. The number of ketones is 1. The molecule has 0 bridgehead atoms. The Kier molecular flexibility index (Phi) is 4.93. The maximum absolute atomic E-state index is 13.2. The second kappa shape index (κ2) is 5.99. The zero-order chi connectivity index (χ0) is 12.1. The highest BCUT2D eigenvalue weighted by molar-refractivity contribution is 8.00. The quantitative estimate of drug-likeness (QED) is 0.791. The highest BCUT2D eigenvalue weighted by atomic mass is 32.2. The third kappa shape index (κ3) is 4.31. The maximum atomic E-state index is 13.2. The molecular weight excluding hydrogens is 230 g/mol. The summed E-state index contributed by atoms with van der Waals surface area (Å²) < 4.78 is 25.8. The lowest BCUT2D eigenvalue weighted by molar-refractivity contribution is -0.116. The van der Waals surface area contributed by atoms with Crippen LogP contribution in [0.25, 0.3) is 0 Å². The van der Waals surface area contributed by atoms with Crippen LogP contribution in [-0.4, -0.2) is 16.8 Å². The van der Waals surface area contributed by atoms with E-state index in [1.165, 1.54) is 23.9 Å². The minimum atomic E-state index is -0.650. The average Bonchev–Trinajstić information content (AvgIpc) is 2.19. The van der Waals surface area contributed by atoms with E-state index in [1.807, 2.05) is 13.8 Å². The first-order valence-corrected chi connectivity index (χ1v) is 6.11. The van der Waals surface area contributed by atoms with Crippen molar-refractivity contribution in [2.75, 3.05) is 5.75 Å². The van der Waals surface area contributed by atoms with Crippen LogP contribution < -0.4 is 0 Å². The summed E-state index contributed by atoms with van der Waals surface area (Å²) in [4.78, 5) is 11.5. The van der Waals surface area contributed by atoms with Crippen molar-refractivity contribution < 1.29 is 13.6 Å². The minimum Gasteiger partial charge on any atom is -0.298 e. The lowest BCUT2D eigenvalue weighted by Crippen LogP contribution is -2.09. The molecule has 0 saturated heterocycles. The Balaban J connectivity index is 2.56. The Morgan fingerprint density at radius 1 is 1.38 bits per heavy atom. The van der Waals surface area contributed by atoms with Crippen LogP contribution >= 0.6 is 11.8 Å². The minimum absolute atomic E-state index is 0.0336. The number of hydrogen-bond donors (Lipinski definition) is 0. The van der Waals surface area contributed by atoms with Crippen LogP contribution in [0.3, 0.4) is 0 Å². The van der Waals surface area contributed by atoms with Gasteiger partial charge in [-0.15, -0.1) is 0 Å². The van der Waals surface area contributed by atoms with Gasteiger partial charge in [-0.05, 0) is 16.9 Å². The van der Waals surface area contributed by atoms with Gasteiger partial charge >= 0.3 is 0 Å². The molecule has 16 heavy (non-hydrogen) atoms. The Morgan fingerprint density at radius 2 is 2.06 bits per heavy atom. The zero-order valence-corrected chi connectivity index (χ0v) is 10.1. The van der Waals surface area contributed by atoms with Gasteiger partial charge in [0.1, 0.15) is 17.4 Å². The normalized spacial score (nSPS) is 10.8. The fourth-order valence-electron chi connectivity index (χ4n) is 1.19. The summed E-state index contributed by atoms with van der Waals surface area (Å²) >= 11 is 1.52. The molecule has 0 amide bonds. The number of benzene rings is 1. The van der Waals surface area contributed by atoms with Crippen LogP contribution in [0, 0.1) is 11.6 Å². The standard InChI is InChI=1S/C12H14F2OS/c1-8(2)16-7-11(15)5-9-3-4-10(13)6-12(9)14/h3-4,6,8H,5,7H2,1-2H3. The molecule has 4 heteroatoms. The molecule has 1 rings (SSSR count). The molecule has 0 aromatic heterocycles. The number of hydrogen-bond acceptors (Lipinski definition) is 2. The van der Waals surface area contributed by atoms with Crippen LogP contribution in [0.5, 0.6) is 0 Å². The largest absolute Gasteiger partial charge is 0.298 e. The van der Waals surface area contributed by atoms with Crippen LogP contribution in [0.2, 0.25) is 0 Å². The number of thioether (sulfide) groups is 1. The second-order valence-corrected chi connectivity index (χ2v) is 5.38. The monoisotopic (exact) mass is 244 g/mol. The molecule has 1 aromatic carbocycles. The predicted octanol–water partition coefficient (Wildman–Crippen LogP) is 3.22. The summed E-state index contributed by atoms with van der Waals surface area (Å²) in [5.41, 5.74) is 0.260. The van der Waals surface area contributed by atoms with Gasteiger partial charge in [-0.3, -0.25) is 4.79 Å². The van der Waals surface area contributed by atoms with Gasteiger partial charge in [-0.2, -0.15) is 11.8 Å². The SMILES string of the molecule is CC(C)SCC(=O)Cc1ccc(F)cc1F. The summed E-state index contributed by atoms with van der Waals surface area (Å²) in [6, 6.07) is 3.29. The van der Waals surface area contributed by atoms with E-state index in [2.05, 4.69) is 0 Å². The lowest BCUT2D eigenvalue weighted by Gasteiger charge is -2.05. The molecular formula is C12H14F2OS. The predicted molar refractivity (Wildman–Crippen MR) is 62.7 cm³/mol. The van der Waals surface area contributed by atoms with Crippen LogP contribution in [0.1, 0.15) is 19.4 Å². The first kappa shape index (κ1) is 13.2. The first-order valence-electron chi connectivity index (χ1n) is 5.06. The van der Waals surface area contributed by atoms with E-state index >= 15 is 0 Å². The molecule has 0 aliphatic carbocycles. The summed E-state index contributed by atoms with van der Waals surface area (Å²) in [7, 11) is 0. The van der Waals surface area contributed by atoms with Crippen molar-refractivity contribution in [2.45, 2.75) is 25.5 Å². The van der Waals surface area contributed by atoms with Gasteiger partial charge in [-0.25, -0.2) is 8.78 Å². The van der Waals surface area contributed by atoms with Crippen LogP contribution in [-0.2, 0) is 11.2 Å². The van der Waals surface area contributed by atoms with E-state index in [0.29, 0.717) is 11.0 Å². The molecule has 0 aliphatic heterocycles. The van der Waals surface area contributed by atoms with Gasteiger partial charge in [0.05, 0.1) is 5.75 Å². The van der Waals surface area contributed by atoms with Crippen molar-refractivity contribution in [3.63, 3.8) is 0 Å². The van der Waals surface area contributed by atoms with Gasteiger partial charge in [0.15, 0.2) is 0 Å². The molecule has 0 radical (unpaired) electrons. The Hall–Kier alpha value is -0.900. The smallest absolute Gasteiger partial charge is 0.147 e. The van der Waals surface area contributed by atoms with Gasteiger partial charge in [0.25, 0.3) is 0 Å². The Morgan fingerprint density at radius 3 is 2.62 bits per heavy atom. The summed E-state index contributed by atoms with van der Waals surface area (Å²) in [6.07, 6.45) is 0.0336. The van der Waals surface area contributed by atoms with Crippen molar-refractivity contribution in [1.82, 2.24) is 0 Å². The molecule has 0 unspecified atom stereocenters. The summed E-state index contributed by atoms with van der Waals surface area (Å²) in [5.74, 6) is -0.938. The van der Waals surface area contributed by atoms with E-state index in [1.54, 1.807) is 0 Å².